The van der Waals surface area contributed by atoms with E-state index in [4.69, 9.17) is 15.2 Å². The Labute approximate surface area is 140 Å². The average molecular weight is 341 g/mol. The van der Waals surface area contributed by atoms with Crippen LogP contribution in [0.15, 0.2) is 24.3 Å². The van der Waals surface area contributed by atoms with Crippen molar-refractivity contribution in [3.8, 4) is 5.75 Å². The number of carboxylic acid groups (broad SMARTS) is 1. The molecule has 0 bridgehead atoms. The van der Waals surface area contributed by atoms with E-state index in [1.807, 2.05) is 24.3 Å². The van der Waals surface area contributed by atoms with Crippen LogP contribution in [-0.4, -0.2) is 35.1 Å². The van der Waals surface area contributed by atoms with Crippen LogP contribution < -0.4 is 10.5 Å². The summed E-state index contributed by atoms with van der Waals surface area (Å²) in [6, 6.07) is 7.34. The van der Waals surface area contributed by atoms with Crippen molar-refractivity contribution >= 4 is 23.7 Å². The Balaban J connectivity index is 2.68. The van der Waals surface area contributed by atoms with E-state index >= 15 is 0 Å². The maximum atomic E-state index is 12.0. The van der Waals surface area contributed by atoms with Crippen molar-refractivity contribution in [3.63, 3.8) is 0 Å². The minimum absolute atomic E-state index is 0.484. The van der Waals surface area contributed by atoms with E-state index in [1.54, 1.807) is 27.9 Å². The molecule has 0 amide bonds. The number of hydrogen-bond donors (Lipinski definition) is 2. The van der Waals surface area contributed by atoms with E-state index < -0.39 is 28.8 Å². The monoisotopic (exact) mass is 341 g/mol. The molecule has 0 aromatic heterocycles. The lowest BCUT2D eigenvalue weighted by molar-refractivity contribution is -0.166. The SMILES string of the molecule is COc1ccc(CSC(N)C(C(=O)O)C(=O)OC(C)(C)C)cc1. The van der Waals surface area contributed by atoms with E-state index in [2.05, 4.69) is 0 Å². The lowest BCUT2D eigenvalue weighted by atomic mass is 10.1. The molecule has 6 nitrogen and oxygen atoms in total. The van der Waals surface area contributed by atoms with Crippen molar-refractivity contribution in [2.24, 2.45) is 11.7 Å². The van der Waals surface area contributed by atoms with Gasteiger partial charge in [-0.05, 0) is 38.5 Å². The van der Waals surface area contributed by atoms with Crippen molar-refractivity contribution in [3.05, 3.63) is 29.8 Å². The number of benzene rings is 1. The van der Waals surface area contributed by atoms with Crippen LogP contribution in [0.5, 0.6) is 5.75 Å². The van der Waals surface area contributed by atoms with E-state index in [9.17, 15) is 14.7 Å². The fourth-order valence-corrected chi connectivity index (χ4v) is 2.75. The van der Waals surface area contributed by atoms with Gasteiger partial charge < -0.3 is 20.3 Å². The number of thioether (sulfide) groups is 1. The first-order chi connectivity index (χ1) is 10.6. The van der Waals surface area contributed by atoms with Gasteiger partial charge in [0.25, 0.3) is 0 Å². The van der Waals surface area contributed by atoms with Crippen LogP contribution in [0.4, 0.5) is 0 Å². The summed E-state index contributed by atoms with van der Waals surface area (Å²) in [5.74, 6) is -2.29. The Kier molecular flexibility index (Phi) is 6.90. The highest BCUT2D eigenvalue weighted by Crippen LogP contribution is 2.24. The van der Waals surface area contributed by atoms with Gasteiger partial charge in [0, 0.05) is 5.75 Å². The highest BCUT2D eigenvalue weighted by Gasteiger charge is 2.36. The van der Waals surface area contributed by atoms with Crippen molar-refractivity contribution < 1.29 is 24.2 Å². The Morgan fingerprint density at radius 3 is 2.26 bits per heavy atom. The van der Waals surface area contributed by atoms with Crippen molar-refractivity contribution in [2.75, 3.05) is 7.11 Å². The Morgan fingerprint density at radius 2 is 1.83 bits per heavy atom. The fraction of sp³-hybridized carbons (Fsp3) is 0.500. The number of esters is 1. The number of carbonyl (C=O) groups is 2. The molecule has 1 aromatic carbocycles. The van der Waals surface area contributed by atoms with Gasteiger partial charge >= 0.3 is 11.9 Å². The predicted molar refractivity (Wildman–Crippen MR) is 89.2 cm³/mol. The van der Waals surface area contributed by atoms with E-state index in [0.29, 0.717) is 5.75 Å². The first-order valence-corrected chi connectivity index (χ1v) is 8.14. The fourth-order valence-electron chi connectivity index (χ4n) is 1.75. The predicted octanol–water partition coefficient (Wildman–Crippen LogP) is 2.26. The minimum Gasteiger partial charge on any atom is -0.497 e. The van der Waals surface area contributed by atoms with Crippen LogP contribution in [0.3, 0.4) is 0 Å². The molecule has 1 rings (SSSR count). The molecule has 0 heterocycles. The van der Waals surface area contributed by atoms with Gasteiger partial charge in [-0.15, -0.1) is 11.8 Å². The average Bonchev–Trinajstić information content (AvgIpc) is 2.43. The van der Waals surface area contributed by atoms with Gasteiger partial charge in [-0.1, -0.05) is 12.1 Å². The van der Waals surface area contributed by atoms with Crippen LogP contribution in [0.2, 0.25) is 0 Å². The summed E-state index contributed by atoms with van der Waals surface area (Å²) in [7, 11) is 1.58. The number of methoxy groups -OCH3 is 1. The standard InChI is InChI=1S/C16H23NO5S/c1-16(2,3)22-15(20)12(14(18)19)13(17)23-9-10-5-7-11(21-4)8-6-10/h5-8,12-13H,9,17H2,1-4H3,(H,18,19). The number of nitrogens with two attached hydrogens (primary N) is 1. The number of aliphatic carboxylic acids is 1. The molecule has 0 spiro atoms. The maximum absolute atomic E-state index is 12.0. The Hall–Kier alpha value is -1.73. The molecule has 0 saturated heterocycles. The zero-order valence-corrected chi connectivity index (χ0v) is 14.6. The van der Waals surface area contributed by atoms with Crippen molar-refractivity contribution in [1.29, 1.82) is 0 Å². The summed E-state index contributed by atoms with van der Waals surface area (Å²) >= 11 is 1.19. The Morgan fingerprint density at radius 1 is 1.26 bits per heavy atom. The third-order valence-corrected chi connectivity index (χ3v) is 4.01. The third kappa shape index (κ3) is 6.50. The molecular formula is C16H23NO5S. The first-order valence-electron chi connectivity index (χ1n) is 7.10. The molecule has 3 N–H and O–H groups in total. The van der Waals surface area contributed by atoms with Crippen LogP contribution in [-0.2, 0) is 20.1 Å². The summed E-state index contributed by atoms with van der Waals surface area (Å²) in [6.07, 6.45) is 0. The quantitative estimate of drug-likeness (QED) is 0.446. The molecule has 0 saturated carbocycles. The van der Waals surface area contributed by atoms with E-state index in [0.717, 1.165) is 11.3 Å². The molecule has 0 fully saturated rings. The van der Waals surface area contributed by atoms with Gasteiger partial charge in [0.1, 0.15) is 11.4 Å². The van der Waals surface area contributed by atoms with Gasteiger partial charge in [0.2, 0.25) is 0 Å². The molecule has 0 aliphatic heterocycles. The lowest BCUT2D eigenvalue weighted by Crippen LogP contribution is -2.42. The summed E-state index contributed by atoms with van der Waals surface area (Å²) in [5, 5.41) is 8.37. The molecule has 23 heavy (non-hydrogen) atoms. The minimum atomic E-state index is -1.41. The Bertz CT molecular complexity index is 538. The van der Waals surface area contributed by atoms with Gasteiger partial charge in [0.05, 0.1) is 12.5 Å². The van der Waals surface area contributed by atoms with Crippen molar-refractivity contribution in [2.45, 2.75) is 37.5 Å². The molecular weight excluding hydrogens is 318 g/mol. The second-order valence-corrected chi connectivity index (χ2v) is 7.14. The summed E-state index contributed by atoms with van der Waals surface area (Å²) in [4.78, 5) is 23.4. The third-order valence-electron chi connectivity index (χ3n) is 2.86. The first kappa shape index (κ1) is 19.3. The number of rotatable bonds is 7. The zero-order valence-electron chi connectivity index (χ0n) is 13.7. The van der Waals surface area contributed by atoms with Gasteiger partial charge in [0.15, 0.2) is 5.92 Å². The number of carboxylic acids is 1. The molecule has 2 unspecified atom stereocenters. The van der Waals surface area contributed by atoms with Gasteiger partial charge in [-0.3, -0.25) is 9.59 Å². The highest BCUT2D eigenvalue weighted by atomic mass is 32.2. The molecule has 0 aliphatic rings. The van der Waals surface area contributed by atoms with Gasteiger partial charge in [-0.2, -0.15) is 0 Å². The van der Waals surface area contributed by atoms with Crippen LogP contribution in [0, 0.1) is 5.92 Å². The topological polar surface area (TPSA) is 98.9 Å². The smallest absolute Gasteiger partial charge is 0.323 e. The molecule has 0 radical (unpaired) electrons. The lowest BCUT2D eigenvalue weighted by Gasteiger charge is -2.24. The van der Waals surface area contributed by atoms with Crippen LogP contribution >= 0.6 is 11.8 Å². The number of carbonyl (C=O) groups excluding carboxylic acids is 1. The summed E-state index contributed by atoms with van der Waals surface area (Å²) in [6.45, 7) is 5.04. The number of ether oxygens (including phenoxy) is 2. The highest BCUT2D eigenvalue weighted by molar-refractivity contribution is 7.99. The van der Waals surface area contributed by atoms with Crippen LogP contribution in [0.25, 0.3) is 0 Å². The molecule has 128 valence electrons. The second-order valence-electron chi connectivity index (χ2n) is 5.97. The number of hydrogen-bond acceptors (Lipinski definition) is 6. The summed E-state index contributed by atoms with van der Waals surface area (Å²) in [5.41, 5.74) is 6.10. The zero-order chi connectivity index (χ0) is 17.6. The molecule has 7 heteroatoms. The van der Waals surface area contributed by atoms with E-state index in [-0.39, 0.29) is 0 Å². The van der Waals surface area contributed by atoms with Gasteiger partial charge in [-0.25, -0.2) is 0 Å². The second kappa shape index (κ2) is 8.21. The van der Waals surface area contributed by atoms with Crippen molar-refractivity contribution in [1.82, 2.24) is 0 Å². The largest absolute Gasteiger partial charge is 0.497 e. The maximum Gasteiger partial charge on any atom is 0.323 e. The molecule has 0 aliphatic carbocycles. The summed E-state index contributed by atoms with van der Waals surface area (Å²) < 4.78 is 10.2. The normalized spacial score (nSPS) is 14.0. The molecule has 1 aromatic rings. The molecule has 2 atom stereocenters. The van der Waals surface area contributed by atoms with Crippen LogP contribution in [0.1, 0.15) is 26.3 Å². The van der Waals surface area contributed by atoms with E-state index in [1.165, 1.54) is 11.8 Å².